The molecule has 1 N–H and O–H groups in total. The van der Waals surface area contributed by atoms with Gasteiger partial charge in [0.1, 0.15) is 17.2 Å². The molecule has 190 valence electrons. The number of imidazole rings is 1. The maximum atomic E-state index is 15.1. The lowest BCUT2D eigenvalue weighted by Crippen LogP contribution is -2.08. The Morgan fingerprint density at radius 3 is 2.62 bits per heavy atom. The highest BCUT2D eigenvalue weighted by atomic mass is 19.3. The number of nitrogens with zero attached hydrogens (tertiary/aromatic N) is 3. The minimum absolute atomic E-state index is 0.0909. The Kier molecular flexibility index (Phi) is 5.66. The first-order chi connectivity index (χ1) is 17.8. The lowest BCUT2D eigenvalue weighted by Gasteiger charge is -2.14. The van der Waals surface area contributed by atoms with Gasteiger partial charge in [-0.1, -0.05) is 24.3 Å². The second-order valence-corrected chi connectivity index (χ2v) is 9.90. The van der Waals surface area contributed by atoms with Crippen LogP contribution in [0, 0.1) is 30.5 Å². The minimum atomic E-state index is -2.94. The molecule has 0 saturated heterocycles. The Hall–Kier alpha value is -3.88. The van der Waals surface area contributed by atoms with E-state index < -0.39 is 18.4 Å². The number of alkyl halides is 2. The fourth-order valence-electron chi connectivity index (χ4n) is 5.95. The van der Waals surface area contributed by atoms with E-state index in [0.717, 1.165) is 24.2 Å². The first-order valence-corrected chi connectivity index (χ1v) is 12.2. The molecule has 9 heteroatoms. The van der Waals surface area contributed by atoms with Crippen LogP contribution >= 0.6 is 0 Å². The predicted molar refractivity (Wildman–Crippen MR) is 129 cm³/mol. The van der Waals surface area contributed by atoms with E-state index in [1.54, 1.807) is 41.9 Å². The van der Waals surface area contributed by atoms with Crippen LogP contribution in [0.3, 0.4) is 0 Å². The number of hydrogen-bond donors (Lipinski definition) is 1. The van der Waals surface area contributed by atoms with Gasteiger partial charge in [-0.2, -0.15) is 8.78 Å². The minimum Gasteiger partial charge on any atom is -0.481 e. The lowest BCUT2D eigenvalue weighted by atomic mass is 9.95. The molecule has 4 aromatic rings. The number of carboxylic acids is 1. The topological polar surface area (TPSA) is 76.7 Å². The van der Waals surface area contributed by atoms with E-state index in [1.807, 2.05) is 12.1 Å². The van der Waals surface area contributed by atoms with Crippen LogP contribution in [0.2, 0.25) is 0 Å². The van der Waals surface area contributed by atoms with Crippen molar-refractivity contribution in [2.24, 2.45) is 17.8 Å². The van der Waals surface area contributed by atoms with Crippen LogP contribution < -0.4 is 4.74 Å². The van der Waals surface area contributed by atoms with Crippen molar-refractivity contribution in [3.8, 4) is 16.9 Å². The van der Waals surface area contributed by atoms with Crippen molar-refractivity contribution in [3.63, 3.8) is 0 Å². The van der Waals surface area contributed by atoms with E-state index in [9.17, 15) is 18.7 Å². The molecule has 0 radical (unpaired) electrons. The molecule has 4 atom stereocenters. The fourth-order valence-corrected chi connectivity index (χ4v) is 5.95. The fraction of sp³-hybridized carbons (Fsp3) is 0.321. The number of ether oxygens (including phenoxy) is 1. The van der Waals surface area contributed by atoms with Gasteiger partial charge in [-0.3, -0.25) is 9.78 Å². The number of pyridine rings is 2. The van der Waals surface area contributed by atoms with Crippen molar-refractivity contribution < 1.29 is 27.8 Å². The molecule has 3 heterocycles. The van der Waals surface area contributed by atoms with Gasteiger partial charge < -0.3 is 14.2 Å². The summed E-state index contributed by atoms with van der Waals surface area (Å²) >= 11 is 0. The largest absolute Gasteiger partial charge is 0.481 e. The van der Waals surface area contributed by atoms with Gasteiger partial charge in [0, 0.05) is 58.9 Å². The molecule has 0 bridgehead atoms. The Morgan fingerprint density at radius 1 is 1.19 bits per heavy atom. The highest BCUT2D eigenvalue weighted by Gasteiger charge is 2.60. The SMILES string of the molecule is Cc1nc2cc(F)c(-c3ccc(C4C[C@@H]5[C@H](C4)[C@@H]5C(=O)O)nc3)cn2c1Cc1ccccc1OC(F)F. The molecule has 2 aliphatic carbocycles. The van der Waals surface area contributed by atoms with Crippen LogP contribution in [-0.2, 0) is 11.2 Å². The molecule has 0 aliphatic heterocycles. The summed E-state index contributed by atoms with van der Waals surface area (Å²) in [5, 5.41) is 9.24. The molecule has 1 unspecified atom stereocenters. The zero-order chi connectivity index (χ0) is 25.8. The molecule has 6 rings (SSSR count). The van der Waals surface area contributed by atoms with Crippen LogP contribution in [0.1, 0.15) is 41.4 Å². The van der Waals surface area contributed by atoms with Crippen molar-refractivity contribution in [3.05, 3.63) is 83.3 Å². The molecular weight excluding hydrogens is 483 g/mol. The molecule has 0 amide bonds. The normalized spacial score (nSPS) is 22.4. The Balaban J connectivity index is 1.28. The van der Waals surface area contributed by atoms with Gasteiger partial charge in [0.15, 0.2) is 0 Å². The van der Waals surface area contributed by atoms with Gasteiger partial charge in [0.2, 0.25) is 0 Å². The van der Waals surface area contributed by atoms with Crippen molar-refractivity contribution in [1.82, 2.24) is 14.4 Å². The molecule has 37 heavy (non-hydrogen) atoms. The third-order valence-corrected chi connectivity index (χ3v) is 7.80. The zero-order valence-corrected chi connectivity index (χ0v) is 19.9. The van der Waals surface area contributed by atoms with Gasteiger partial charge in [-0.25, -0.2) is 9.37 Å². The van der Waals surface area contributed by atoms with E-state index in [-0.39, 0.29) is 35.8 Å². The number of aliphatic carboxylic acids is 1. The maximum Gasteiger partial charge on any atom is 0.387 e. The third-order valence-electron chi connectivity index (χ3n) is 7.80. The summed E-state index contributed by atoms with van der Waals surface area (Å²) in [6, 6.07) is 11.7. The van der Waals surface area contributed by atoms with E-state index >= 15 is 4.39 Å². The summed E-state index contributed by atoms with van der Waals surface area (Å²) in [6.07, 6.45) is 5.23. The van der Waals surface area contributed by atoms with E-state index in [1.165, 1.54) is 12.1 Å². The first kappa shape index (κ1) is 23.5. The summed E-state index contributed by atoms with van der Waals surface area (Å²) in [4.78, 5) is 20.3. The average molecular weight is 508 g/mol. The number of carboxylic acid groups (broad SMARTS) is 1. The Labute approximate surface area is 210 Å². The van der Waals surface area contributed by atoms with Crippen molar-refractivity contribution in [2.75, 3.05) is 0 Å². The molecule has 2 saturated carbocycles. The second-order valence-electron chi connectivity index (χ2n) is 9.90. The molecule has 3 aromatic heterocycles. The third kappa shape index (κ3) is 4.22. The van der Waals surface area contributed by atoms with Gasteiger partial charge >= 0.3 is 12.6 Å². The molecular formula is C28H24F3N3O3. The summed E-state index contributed by atoms with van der Waals surface area (Å²) in [5.41, 5.74) is 4.25. The zero-order valence-electron chi connectivity index (χ0n) is 19.9. The van der Waals surface area contributed by atoms with Gasteiger partial charge in [-0.15, -0.1) is 0 Å². The summed E-state index contributed by atoms with van der Waals surface area (Å²) in [6.45, 7) is -1.14. The highest BCUT2D eigenvalue weighted by Crippen LogP contribution is 2.61. The maximum absolute atomic E-state index is 15.1. The number of para-hydroxylation sites is 1. The number of aryl methyl sites for hydroxylation is 1. The van der Waals surface area contributed by atoms with Gasteiger partial charge in [0.25, 0.3) is 0 Å². The van der Waals surface area contributed by atoms with Crippen molar-refractivity contribution in [2.45, 2.75) is 38.7 Å². The number of halogens is 3. The Bertz CT molecular complexity index is 1490. The number of fused-ring (bicyclic) bond motifs is 2. The van der Waals surface area contributed by atoms with Crippen LogP contribution in [0.25, 0.3) is 16.8 Å². The van der Waals surface area contributed by atoms with Crippen molar-refractivity contribution in [1.29, 1.82) is 0 Å². The van der Waals surface area contributed by atoms with Crippen LogP contribution in [0.5, 0.6) is 5.75 Å². The smallest absolute Gasteiger partial charge is 0.387 e. The number of carbonyl (C=O) groups is 1. The van der Waals surface area contributed by atoms with Crippen LogP contribution in [0.4, 0.5) is 13.2 Å². The summed E-state index contributed by atoms with van der Waals surface area (Å²) in [5.74, 6) is -0.559. The average Bonchev–Trinajstić information content (AvgIpc) is 3.22. The number of benzene rings is 1. The molecule has 2 aliphatic rings. The van der Waals surface area contributed by atoms with Crippen LogP contribution in [0.15, 0.2) is 54.9 Å². The van der Waals surface area contributed by atoms with E-state index in [0.29, 0.717) is 28.0 Å². The lowest BCUT2D eigenvalue weighted by molar-refractivity contribution is -0.139. The van der Waals surface area contributed by atoms with E-state index in [2.05, 4.69) is 14.7 Å². The first-order valence-electron chi connectivity index (χ1n) is 12.2. The van der Waals surface area contributed by atoms with Gasteiger partial charge in [0.05, 0.1) is 11.6 Å². The molecule has 2 fully saturated rings. The summed E-state index contributed by atoms with van der Waals surface area (Å²) in [7, 11) is 0. The van der Waals surface area contributed by atoms with Gasteiger partial charge in [-0.05, 0) is 43.7 Å². The predicted octanol–water partition coefficient (Wildman–Crippen LogP) is 5.86. The standard InChI is InChI=1S/C28H24F3N3O3/c1-14-23(10-15-4-2-3-5-24(15)37-28(30)31)34-13-20(21(29)11-25(34)33-14)16-6-7-22(32-12-16)17-8-18-19(9-17)26(18)27(35)36/h2-7,11-13,17-19,26,28H,8-10H2,1H3,(H,35,36)/t17?,18-,19+,26-. The molecule has 6 nitrogen and oxygen atoms in total. The monoisotopic (exact) mass is 507 g/mol. The second kappa shape index (κ2) is 8.90. The number of rotatable bonds is 7. The van der Waals surface area contributed by atoms with Crippen molar-refractivity contribution >= 4 is 11.6 Å². The molecule has 0 spiro atoms. The highest BCUT2D eigenvalue weighted by molar-refractivity contribution is 5.74. The van der Waals surface area contributed by atoms with E-state index in [4.69, 9.17) is 0 Å². The quantitative estimate of drug-likeness (QED) is 0.339. The summed E-state index contributed by atoms with van der Waals surface area (Å²) < 4.78 is 47.3. The van der Waals surface area contributed by atoms with Crippen LogP contribution in [-0.4, -0.2) is 32.1 Å². The molecule has 1 aromatic carbocycles. The number of aromatic nitrogens is 3. The number of hydrogen-bond acceptors (Lipinski definition) is 4. The Morgan fingerprint density at radius 2 is 1.95 bits per heavy atom.